The molecular weight excluding hydrogens is 252 g/mol. The Hall–Kier alpha value is -2.21. The van der Waals surface area contributed by atoms with Crippen LogP contribution >= 0.6 is 12.2 Å². The Bertz CT molecular complexity index is 688. The molecule has 1 heterocycles. The van der Waals surface area contributed by atoms with E-state index in [0.717, 1.165) is 11.8 Å². The molecule has 0 aliphatic heterocycles. The van der Waals surface area contributed by atoms with Gasteiger partial charge in [0.2, 0.25) is 0 Å². The van der Waals surface area contributed by atoms with Crippen molar-refractivity contribution in [1.82, 2.24) is 9.55 Å². The maximum atomic E-state index is 11.9. The third-order valence-corrected chi connectivity index (χ3v) is 2.81. The number of hydrogen-bond donors (Lipinski definition) is 2. The third-order valence-electron chi connectivity index (χ3n) is 2.47. The summed E-state index contributed by atoms with van der Waals surface area (Å²) in [5.74, 6) is -1.27. The second-order valence-corrected chi connectivity index (χ2v) is 4.08. The summed E-state index contributed by atoms with van der Waals surface area (Å²) in [6, 6.07) is 9.23. The Morgan fingerprint density at radius 3 is 2.61 bits per heavy atom. The highest BCUT2D eigenvalue weighted by molar-refractivity contribution is 7.71. The summed E-state index contributed by atoms with van der Waals surface area (Å²) < 4.78 is 1.43. The molecule has 0 spiro atoms. The van der Waals surface area contributed by atoms with Crippen LogP contribution in [0.15, 0.2) is 41.3 Å². The highest BCUT2D eigenvalue weighted by Crippen LogP contribution is 2.01. The normalized spacial score (nSPS) is 10.2. The molecule has 6 heteroatoms. The van der Waals surface area contributed by atoms with Gasteiger partial charge in [-0.15, -0.1) is 0 Å². The third kappa shape index (κ3) is 2.38. The second kappa shape index (κ2) is 4.97. The monoisotopic (exact) mass is 262 g/mol. The fraction of sp³-hybridized carbons (Fsp3) is 0.0833. The van der Waals surface area contributed by atoms with Crippen molar-refractivity contribution in [1.29, 1.82) is 0 Å². The van der Waals surface area contributed by atoms with Gasteiger partial charge in [0.25, 0.3) is 5.56 Å². The molecule has 0 aliphatic rings. The van der Waals surface area contributed by atoms with E-state index in [0.29, 0.717) is 0 Å². The minimum absolute atomic E-state index is 0.203. The van der Waals surface area contributed by atoms with Gasteiger partial charge in [-0.25, -0.2) is 4.79 Å². The maximum Gasteiger partial charge on any atom is 0.342 e. The number of carboxylic acids is 1. The van der Waals surface area contributed by atoms with Crippen molar-refractivity contribution in [2.24, 2.45) is 0 Å². The van der Waals surface area contributed by atoms with Crippen molar-refractivity contribution in [3.63, 3.8) is 0 Å². The molecular formula is C12H10N2O3S. The Morgan fingerprint density at radius 1 is 1.33 bits per heavy atom. The van der Waals surface area contributed by atoms with Gasteiger partial charge in [0.1, 0.15) is 5.56 Å². The first-order valence-electron chi connectivity index (χ1n) is 5.19. The molecule has 0 atom stereocenters. The molecule has 0 saturated carbocycles. The van der Waals surface area contributed by atoms with Crippen LogP contribution in [-0.4, -0.2) is 20.6 Å². The Morgan fingerprint density at radius 2 is 2.00 bits per heavy atom. The predicted molar refractivity (Wildman–Crippen MR) is 68.4 cm³/mol. The van der Waals surface area contributed by atoms with Crippen LogP contribution in [0.3, 0.4) is 0 Å². The Balaban J connectivity index is 2.51. The van der Waals surface area contributed by atoms with Gasteiger partial charge in [-0.3, -0.25) is 9.36 Å². The minimum atomic E-state index is -1.27. The smallest absolute Gasteiger partial charge is 0.342 e. The molecule has 0 bridgehead atoms. The number of benzene rings is 1. The topological polar surface area (TPSA) is 75.1 Å². The van der Waals surface area contributed by atoms with Crippen molar-refractivity contribution >= 4 is 18.2 Å². The highest BCUT2D eigenvalue weighted by atomic mass is 32.1. The summed E-state index contributed by atoms with van der Waals surface area (Å²) in [6.45, 7) is 0.246. The van der Waals surface area contributed by atoms with Gasteiger partial charge >= 0.3 is 5.97 Å². The summed E-state index contributed by atoms with van der Waals surface area (Å²) in [7, 11) is 0. The van der Waals surface area contributed by atoms with Gasteiger partial charge in [-0.2, -0.15) is 0 Å². The van der Waals surface area contributed by atoms with Crippen LogP contribution in [-0.2, 0) is 6.54 Å². The maximum absolute atomic E-state index is 11.9. The van der Waals surface area contributed by atoms with E-state index >= 15 is 0 Å². The second-order valence-electron chi connectivity index (χ2n) is 3.69. The highest BCUT2D eigenvalue weighted by Gasteiger charge is 2.11. The molecule has 0 unspecified atom stereocenters. The lowest BCUT2D eigenvalue weighted by molar-refractivity contribution is 0.0693. The number of nitrogens with one attached hydrogen (secondary N) is 1. The van der Waals surface area contributed by atoms with E-state index in [1.165, 1.54) is 4.57 Å². The van der Waals surface area contributed by atoms with Gasteiger partial charge in [-0.05, 0) is 17.8 Å². The van der Waals surface area contributed by atoms with Gasteiger partial charge in [-0.1, -0.05) is 30.3 Å². The molecule has 2 rings (SSSR count). The van der Waals surface area contributed by atoms with E-state index in [9.17, 15) is 9.59 Å². The van der Waals surface area contributed by atoms with E-state index in [2.05, 4.69) is 4.98 Å². The van der Waals surface area contributed by atoms with Crippen molar-refractivity contribution in [2.75, 3.05) is 0 Å². The fourth-order valence-electron chi connectivity index (χ4n) is 1.57. The van der Waals surface area contributed by atoms with E-state index < -0.39 is 11.5 Å². The summed E-state index contributed by atoms with van der Waals surface area (Å²) in [4.78, 5) is 25.4. The number of carbonyl (C=O) groups is 1. The van der Waals surface area contributed by atoms with Crippen LogP contribution in [0.25, 0.3) is 0 Å². The van der Waals surface area contributed by atoms with Gasteiger partial charge in [0.15, 0.2) is 4.77 Å². The number of aromatic nitrogens is 2. The van der Waals surface area contributed by atoms with E-state index in [1.54, 1.807) is 0 Å². The quantitative estimate of drug-likeness (QED) is 0.825. The number of rotatable bonds is 3. The zero-order chi connectivity index (χ0) is 13.1. The van der Waals surface area contributed by atoms with Gasteiger partial charge < -0.3 is 10.1 Å². The summed E-state index contributed by atoms with van der Waals surface area (Å²) >= 11 is 5.00. The molecule has 92 valence electrons. The first-order valence-corrected chi connectivity index (χ1v) is 5.60. The predicted octanol–water partition coefficient (Wildman–Crippen LogP) is 1.65. The standard InChI is InChI=1S/C12H10N2O3S/c15-10-9(11(16)17)6-13-12(18)14(10)7-8-4-2-1-3-5-8/h1-6H,7H2,(H,13,18)(H,16,17). The van der Waals surface area contributed by atoms with E-state index in [4.69, 9.17) is 17.3 Å². The van der Waals surface area contributed by atoms with Crippen molar-refractivity contribution in [3.8, 4) is 0 Å². The average Bonchev–Trinajstić information content (AvgIpc) is 2.35. The number of aromatic amines is 1. The molecule has 2 aromatic rings. The summed E-state index contributed by atoms with van der Waals surface area (Å²) in [6.07, 6.45) is 1.12. The van der Waals surface area contributed by atoms with Crippen LogP contribution in [0.2, 0.25) is 0 Å². The zero-order valence-corrected chi connectivity index (χ0v) is 10.1. The van der Waals surface area contributed by atoms with Crippen molar-refractivity contribution < 1.29 is 9.90 Å². The molecule has 0 radical (unpaired) electrons. The number of H-pyrrole nitrogens is 1. The Kier molecular flexibility index (Phi) is 3.38. The zero-order valence-electron chi connectivity index (χ0n) is 9.29. The van der Waals surface area contributed by atoms with Gasteiger partial charge in [0, 0.05) is 6.20 Å². The average molecular weight is 262 g/mol. The molecule has 0 saturated heterocycles. The SMILES string of the molecule is O=C(O)c1c[nH]c(=S)n(Cc2ccccc2)c1=O. The number of aromatic carboxylic acids is 1. The van der Waals surface area contributed by atoms with Crippen LogP contribution in [0.5, 0.6) is 0 Å². The van der Waals surface area contributed by atoms with E-state index in [-0.39, 0.29) is 16.9 Å². The van der Waals surface area contributed by atoms with Crippen LogP contribution in [0, 0.1) is 4.77 Å². The lowest BCUT2D eigenvalue weighted by Gasteiger charge is -2.06. The first kappa shape index (κ1) is 12.3. The van der Waals surface area contributed by atoms with Crippen LogP contribution in [0.1, 0.15) is 15.9 Å². The molecule has 0 fully saturated rings. The fourth-order valence-corrected chi connectivity index (χ4v) is 1.78. The van der Waals surface area contributed by atoms with Crippen LogP contribution in [0.4, 0.5) is 0 Å². The largest absolute Gasteiger partial charge is 0.477 e. The lowest BCUT2D eigenvalue weighted by Crippen LogP contribution is -2.28. The molecule has 1 aromatic heterocycles. The number of nitrogens with zero attached hydrogens (tertiary/aromatic N) is 1. The molecule has 18 heavy (non-hydrogen) atoms. The molecule has 5 nitrogen and oxygen atoms in total. The molecule has 2 N–H and O–H groups in total. The minimum Gasteiger partial charge on any atom is -0.477 e. The van der Waals surface area contributed by atoms with E-state index in [1.807, 2.05) is 30.3 Å². The lowest BCUT2D eigenvalue weighted by atomic mass is 10.2. The first-order chi connectivity index (χ1) is 8.59. The van der Waals surface area contributed by atoms with Crippen molar-refractivity contribution in [2.45, 2.75) is 6.54 Å². The Labute approximate surface area is 107 Å². The summed E-state index contributed by atoms with van der Waals surface area (Å²) in [5, 5.41) is 8.88. The van der Waals surface area contributed by atoms with Crippen LogP contribution < -0.4 is 5.56 Å². The summed E-state index contributed by atoms with van der Waals surface area (Å²) in [5.41, 5.74) is -0.0451. The van der Waals surface area contributed by atoms with Gasteiger partial charge in [0.05, 0.1) is 6.54 Å². The molecule has 0 amide bonds. The molecule has 0 aliphatic carbocycles. The molecule has 1 aromatic carbocycles. The van der Waals surface area contributed by atoms with Crippen molar-refractivity contribution in [3.05, 3.63) is 62.8 Å². The number of hydrogen-bond acceptors (Lipinski definition) is 3. The number of carboxylic acid groups (broad SMARTS) is 1.